The van der Waals surface area contributed by atoms with Crippen molar-refractivity contribution in [2.75, 3.05) is 25.6 Å². The molecule has 0 aromatic carbocycles. The summed E-state index contributed by atoms with van der Waals surface area (Å²) in [5.41, 5.74) is 2.34. The van der Waals surface area contributed by atoms with E-state index in [1.54, 1.807) is 0 Å². The van der Waals surface area contributed by atoms with Crippen LogP contribution >= 0.6 is 11.6 Å². The van der Waals surface area contributed by atoms with Crippen LogP contribution in [0.2, 0.25) is 0 Å². The Bertz CT molecular complexity index is 294. The van der Waals surface area contributed by atoms with Crippen molar-refractivity contribution in [3.63, 3.8) is 0 Å². The first-order valence-electron chi connectivity index (χ1n) is 5.59. The van der Waals surface area contributed by atoms with Gasteiger partial charge >= 0.3 is 0 Å². The quantitative estimate of drug-likeness (QED) is 0.560. The number of rotatable bonds is 8. The minimum absolute atomic E-state index is 0.570. The fourth-order valence-electron chi connectivity index (χ4n) is 1.37. The summed E-state index contributed by atoms with van der Waals surface area (Å²) in [6.45, 7) is 5.25. The van der Waals surface area contributed by atoms with E-state index in [4.69, 9.17) is 16.3 Å². The molecule has 1 rings (SSSR count). The van der Waals surface area contributed by atoms with Crippen LogP contribution in [0.4, 0.5) is 0 Å². The summed E-state index contributed by atoms with van der Waals surface area (Å²) in [4.78, 5) is 4.31. The lowest BCUT2D eigenvalue weighted by atomic mass is 10.2. The molecule has 0 fully saturated rings. The molecule has 16 heavy (non-hydrogen) atoms. The Hall–Kier alpha value is -0.640. The summed E-state index contributed by atoms with van der Waals surface area (Å²) in [5.74, 6) is 0.570. The average molecular weight is 243 g/mol. The molecule has 3 nitrogen and oxygen atoms in total. The molecule has 0 radical (unpaired) electrons. The molecular weight excluding hydrogens is 224 g/mol. The van der Waals surface area contributed by atoms with Crippen LogP contribution in [0.1, 0.15) is 17.7 Å². The number of nitrogens with zero attached hydrogens (tertiary/aromatic N) is 1. The van der Waals surface area contributed by atoms with Gasteiger partial charge < -0.3 is 10.1 Å². The highest BCUT2D eigenvalue weighted by Gasteiger charge is 1.97. The summed E-state index contributed by atoms with van der Waals surface area (Å²) in [6, 6.07) is 4.03. The monoisotopic (exact) mass is 242 g/mol. The van der Waals surface area contributed by atoms with E-state index in [1.165, 1.54) is 5.56 Å². The molecule has 0 aliphatic rings. The van der Waals surface area contributed by atoms with Crippen LogP contribution < -0.4 is 5.32 Å². The Morgan fingerprint density at radius 1 is 1.44 bits per heavy atom. The van der Waals surface area contributed by atoms with E-state index in [9.17, 15) is 0 Å². The second-order valence-corrected chi connectivity index (χ2v) is 3.98. The van der Waals surface area contributed by atoms with Crippen molar-refractivity contribution in [2.24, 2.45) is 0 Å². The minimum Gasteiger partial charge on any atom is -0.380 e. The Kier molecular flexibility index (Phi) is 7.14. The smallest absolute Gasteiger partial charge is 0.0601 e. The van der Waals surface area contributed by atoms with Gasteiger partial charge in [-0.3, -0.25) is 4.98 Å². The number of hydrogen-bond donors (Lipinski definition) is 1. The van der Waals surface area contributed by atoms with Crippen molar-refractivity contribution >= 4 is 11.6 Å². The van der Waals surface area contributed by atoms with Gasteiger partial charge in [0.05, 0.1) is 12.3 Å². The second kappa shape index (κ2) is 8.50. The van der Waals surface area contributed by atoms with Gasteiger partial charge in [-0.1, -0.05) is 6.07 Å². The van der Waals surface area contributed by atoms with Gasteiger partial charge in [0.15, 0.2) is 0 Å². The SMILES string of the molecule is Cc1cccnc1CNCCCOCCCl. The molecule has 4 heteroatoms. The van der Waals surface area contributed by atoms with Gasteiger partial charge in [-0.15, -0.1) is 11.6 Å². The average Bonchev–Trinajstić information content (AvgIpc) is 2.30. The van der Waals surface area contributed by atoms with Crippen molar-refractivity contribution in [1.29, 1.82) is 0 Å². The van der Waals surface area contributed by atoms with E-state index in [-0.39, 0.29) is 0 Å². The normalized spacial score (nSPS) is 10.6. The van der Waals surface area contributed by atoms with Gasteiger partial charge in [0.2, 0.25) is 0 Å². The lowest BCUT2D eigenvalue weighted by Crippen LogP contribution is -2.18. The zero-order chi connectivity index (χ0) is 11.6. The molecule has 0 aliphatic carbocycles. The third-order valence-corrected chi connectivity index (χ3v) is 2.43. The number of alkyl halides is 1. The van der Waals surface area contributed by atoms with E-state index >= 15 is 0 Å². The molecule has 0 saturated heterocycles. The zero-order valence-electron chi connectivity index (χ0n) is 9.71. The number of hydrogen-bond acceptors (Lipinski definition) is 3. The maximum absolute atomic E-state index is 5.49. The van der Waals surface area contributed by atoms with E-state index < -0.39 is 0 Å². The van der Waals surface area contributed by atoms with Crippen LogP contribution in [0.25, 0.3) is 0 Å². The van der Waals surface area contributed by atoms with Crippen LogP contribution in [-0.2, 0) is 11.3 Å². The largest absolute Gasteiger partial charge is 0.380 e. The van der Waals surface area contributed by atoms with Gasteiger partial charge in [-0.25, -0.2) is 0 Å². The Labute approximate surface area is 102 Å². The van der Waals surface area contributed by atoms with E-state index in [2.05, 4.69) is 23.3 Å². The first kappa shape index (κ1) is 13.4. The van der Waals surface area contributed by atoms with Crippen molar-refractivity contribution in [3.8, 4) is 0 Å². The number of aromatic nitrogens is 1. The molecule has 1 N–H and O–H groups in total. The van der Waals surface area contributed by atoms with Gasteiger partial charge in [0.1, 0.15) is 0 Å². The Morgan fingerprint density at radius 2 is 2.31 bits per heavy atom. The number of halogens is 1. The highest BCUT2D eigenvalue weighted by molar-refractivity contribution is 6.17. The standard InChI is InChI=1S/C12H19ClN2O/c1-11-4-2-7-15-12(11)10-14-6-3-8-16-9-5-13/h2,4,7,14H,3,5-6,8-10H2,1H3. The van der Waals surface area contributed by atoms with Crippen molar-refractivity contribution in [1.82, 2.24) is 10.3 Å². The van der Waals surface area contributed by atoms with Crippen LogP contribution in [-0.4, -0.2) is 30.6 Å². The molecule has 0 amide bonds. The van der Waals surface area contributed by atoms with E-state index in [0.717, 1.165) is 31.8 Å². The molecule has 0 bridgehead atoms. The molecule has 0 spiro atoms. The summed E-state index contributed by atoms with van der Waals surface area (Å²) in [6.07, 6.45) is 2.83. The molecule has 0 aliphatic heterocycles. The third-order valence-electron chi connectivity index (χ3n) is 2.27. The number of nitrogens with one attached hydrogen (secondary N) is 1. The van der Waals surface area contributed by atoms with Crippen molar-refractivity contribution in [3.05, 3.63) is 29.6 Å². The highest BCUT2D eigenvalue weighted by atomic mass is 35.5. The van der Waals surface area contributed by atoms with Gasteiger partial charge in [-0.2, -0.15) is 0 Å². The summed E-state index contributed by atoms with van der Waals surface area (Å²) < 4.78 is 5.27. The minimum atomic E-state index is 0.570. The number of ether oxygens (including phenoxy) is 1. The molecule has 0 unspecified atom stereocenters. The summed E-state index contributed by atoms with van der Waals surface area (Å²) in [5, 5.41) is 3.34. The molecule has 0 atom stereocenters. The molecule has 0 saturated carbocycles. The van der Waals surface area contributed by atoms with E-state index in [0.29, 0.717) is 12.5 Å². The van der Waals surface area contributed by atoms with Crippen LogP contribution in [0.15, 0.2) is 18.3 Å². The molecule has 1 aromatic heterocycles. The lowest BCUT2D eigenvalue weighted by molar-refractivity contribution is 0.146. The highest BCUT2D eigenvalue weighted by Crippen LogP contribution is 2.01. The fraction of sp³-hybridized carbons (Fsp3) is 0.583. The fourth-order valence-corrected chi connectivity index (χ4v) is 1.48. The first-order valence-corrected chi connectivity index (χ1v) is 6.13. The van der Waals surface area contributed by atoms with Crippen LogP contribution in [0.5, 0.6) is 0 Å². The van der Waals surface area contributed by atoms with Gasteiger partial charge in [0.25, 0.3) is 0 Å². The van der Waals surface area contributed by atoms with Crippen LogP contribution in [0, 0.1) is 6.92 Å². The van der Waals surface area contributed by atoms with E-state index in [1.807, 2.05) is 12.3 Å². The first-order chi connectivity index (χ1) is 7.84. The third kappa shape index (κ3) is 5.45. The summed E-state index contributed by atoms with van der Waals surface area (Å²) in [7, 11) is 0. The molecule has 1 aromatic rings. The second-order valence-electron chi connectivity index (χ2n) is 3.60. The molecule has 1 heterocycles. The van der Waals surface area contributed by atoms with Crippen molar-refractivity contribution in [2.45, 2.75) is 19.9 Å². The van der Waals surface area contributed by atoms with Gasteiger partial charge in [0, 0.05) is 25.2 Å². The maximum atomic E-state index is 5.49. The van der Waals surface area contributed by atoms with Crippen molar-refractivity contribution < 1.29 is 4.74 Å². The number of pyridine rings is 1. The van der Waals surface area contributed by atoms with Crippen LogP contribution in [0.3, 0.4) is 0 Å². The predicted octanol–water partition coefficient (Wildman–Crippen LogP) is 2.13. The Morgan fingerprint density at radius 3 is 3.06 bits per heavy atom. The molecule has 90 valence electrons. The lowest BCUT2D eigenvalue weighted by Gasteiger charge is -2.06. The van der Waals surface area contributed by atoms with Gasteiger partial charge in [-0.05, 0) is 31.5 Å². The maximum Gasteiger partial charge on any atom is 0.0601 e. The zero-order valence-corrected chi connectivity index (χ0v) is 10.5. The predicted molar refractivity (Wildman–Crippen MR) is 66.8 cm³/mol. The topological polar surface area (TPSA) is 34.2 Å². The molecular formula is C12H19ClN2O. The Balaban J connectivity index is 2.05. The number of aryl methyl sites for hydroxylation is 1. The summed E-state index contributed by atoms with van der Waals surface area (Å²) >= 11 is 5.49.